The molecule has 4 heteroatoms. The van der Waals surface area contributed by atoms with Crippen LogP contribution in [-0.2, 0) is 19.1 Å². The second-order valence-corrected chi connectivity index (χ2v) is 2.78. The third kappa shape index (κ3) is 12.4. The maximum atomic E-state index is 10.6. The van der Waals surface area contributed by atoms with Gasteiger partial charge in [-0.15, -0.1) is 0 Å². The van der Waals surface area contributed by atoms with Gasteiger partial charge in [0.15, 0.2) is 0 Å². The average molecular weight is 227 g/mol. The molecule has 0 N–H and O–H groups in total. The average Bonchev–Trinajstić information content (AvgIpc) is 2.26. The quantitative estimate of drug-likeness (QED) is 0.411. The van der Waals surface area contributed by atoms with E-state index in [1.54, 1.807) is 13.8 Å². The summed E-state index contributed by atoms with van der Waals surface area (Å²) in [6, 6.07) is 0. The minimum Gasteiger partial charge on any atom is -0.462 e. The maximum Gasteiger partial charge on any atom is 0.333 e. The normalized spacial score (nSPS) is 8.19. The van der Waals surface area contributed by atoms with Gasteiger partial charge in [-0.1, -0.05) is 20.1 Å². The Labute approximate surface area is 96.9 Å². The van der Waals surface area contributed by atoms with Crippen LogP contribution < -0.4 is 0 Å². The van der Waals surface area contributed by atoms with E-state index in [4.69, 9.17) is 0 Å². The third-order valence-corrected chi connectivity index (χ3v) is 1.23. The molecule has 0 aliphatic heterocycles. The van der Waals surface area contributed by atoms with E-state index in [9.17, 15) is 9.59 Å². The van der Waals surface area contributed by atoms with Crippen LogP contribution in [0.15, 0.2) is 25.0 Å². The lowest BCUT2D eigenvalue weighted by Gasteiger charge is -1.99. The Balaban J connectivity index is 0. The van der Waals surface area contributed by atoms with Crippen LogP contribution in [0.1, 0.15) is 26.7 Å². The summed E-state index contributed by atoms with van der Waals surface area (Å²) in [5.74, 6) is -0.575. The van der Waals surface area contributed by atoms with Crippen LogP contribution in [0, 0.1) is 6.92 Å². The van der Waals surface area contributed by atoms with E-state index >= 15 is 0 Å². The van der Waals surface area contributed by atoms with Crippen molar-refractivity contribution in [2.75, 3.05) is 6.61 Å². The number of carbonyl (C=O) groups is 2. The van der Waals surface area contributed by atoms with Crippen molar-refractivity contribution in [3.63, 3.8) is 0 Å². The second-order valence-electron chi connectivity index (χ2n) is 2.78. The molecular weight excluding hydrogens is 208 g/mol. The molecule has 0 atom stereocenters. The van der Waals surface area contributed by atoms with Crippen LogP contribution in [0.4, 0.5) is 0 Å². The van der Waals surface area contributed by atoms with Crippen molar-refractivity contribution >= 4 is 11.9 Å². The molecule has 0 saturated carbocycles. The number of rotatable bonds is 5. The SMILES string of the molecule is C=COC(=O)CC.[CH2]CCOC(=O)C(=C)C. The highest BCUT2D eigenvalue weighted by Crippen LogP contribution is 1.91. The third-order valence-electron chi connectivity index (χ3n) is 1.23. The molecule has 0 aromatic rings. The first-order chi connectivity index (χ1) is 7.49. The predicted molar refractivity (Wildman–Crippen MR) is 62.3 cm³/mol. The highest BCUT2D eigenvalue weighted by atomic mass is 16.5. The predicted octanol–water partition coefficient (Wildman–Crippen LogP) is 2.41. The number of carbonyl (C=O) groups excluding carboxylic acids is 2. The minimum absolute atomic E-state index is 0.241. The topological polar surface area (TPSA) is 52.6 Å². The minimum atomic E-state index is -0.335. The van der Waals surface area contributed by atoms with Gasteiger partial charge in [-0.25, -0.2) is 4.79 Å². The van der Waals surface area contributed by atoms with E-state index in [2.05, 4.69) is 29.6 Å². The van der Waals surface area contributed by atoms with Crippen molar-refractivity contribution in [1.29, 1.82) is 0 Å². The van der Waals surface area contributed by atoms with Gasteiger partial charge in [0.25, 0.3) is 0 Å². The molecule has 1 radical (unpaired) electrons. The van der Waals surface area contributed by atoms with E-state index in [0.717, 1.165) is 6.26 Å². The van der Waals surface area contributed by atoms with Crippen molar-refractivity contribution in [2.45, 2.75) is 26.7 Å². The molecule has 0 aliphatic rings. The fraction of sp³-hybridized carbons (Fsp3) is 0.417. The summed E-state index contributed by atoms with van der Waals surface area (Å²) in [5, 5.41) is 0. The zero-order valence-corrected chi connectivity index (χ0v) is 9.95. The standard InChI is InChI=1S/C7H11O2.C5H8O2/c1-4-5-9-7(8)6(2)3;1-3-5(6)7-4-2/h1-2,4-5H2,3H3;4H,2-3H2,1H3. The number of hydrogen-bond acceptors (Lipinski definition) is 4. The van der Waals surface area contributed by atoms with E-state index in [1.165, 1.54) is 0 Å². The second kappa shape index (κ2) is 11.5. The van der Waals surface area contributed by atoms with Crippen molar-refractivity contribution in [1.82, 2.24) is 0 Å². The fourth-order valence-electron chi connectivity index (χ4n) is 0.464. The summed E-state index contributed by atoms with van der Waals surface area (Å²) in [5.41, 5.74) is 0.434. The van der Waals surface area contributed by atoms with E-state index in [1.807, 2.05) is 0 Å². The van der Waals surface area contributed by atoms with Gasteiger partial charge in [-0.2, -0.15) is 0 Å². The lowest BCUT2D eigenvalue weighted by atomic mass is 10.4. The number of esters is 2. The summed E-state index contributed by atoms with van der Waals surface area (Å²) >= 11 is 0. The van der Waals surface area contributed by atoms with Crippen LogP contribution in [0.25, 0.3) is 0 Å². The van der Waals surface area contributed by atoms with Crippen molar-refractivity contribution in [3.05, 3.63) is 31.9 Å². The molecule has 0 rings (SSSR count). The molecule has 91 valence electrons. The zero-order valence-electron chi connectivity index (χ0n) is 9.95. The first-order valence-electron chi connectivity index (χ1n) is 4.91. The number of ether oxygens (including phenoxy) is 2. The van der Waals surface area contributed by atoms with E-state index in [-0.39, 0.29) is 11.9 Å². The van der Waals surface area contributed by atoms with Crippen molar-refractivity contribution < 1.29 is 19.1 Å². The Morgan fingerprint density at radius 3 is 2.19 bits per heavy atom. The Morgan fingerprint density at radius 1 is 1.38 bits per heavy atom. The Morgan fingerprint density at radius 2 is 1.94 bits per heavy atom. The molecule has 0 aromatic carbocycles. The van der Waals surface area contributed by atoms with Gasteiger partial charge < -0.3 is 9.47 Å². The number of hydrogen-bond donors (Lipinski definition) is 0. The van der Waals surface area contributed by atoms with E-state index < -0.39 is 0 Å². The monoisotopic (exact) mass is 227 g/mol. The molecule has 4 nitrogen and oxygen atoms in total. The van der Waals surface area contributed by atoms with Gasteiger partial charge in [-0.05, 0) is 20.3 Å². The maximum absolute atomic E-state index is 10.6. The smallest absolute Gasteiger partial charge is 0.333 e. The van der Waals surface area contributed by atoms with Gasteiger partial charge in [0, 0.05) is 12.0 Å². The molecule has 0 aliphatic carbocycles. The highest BCUT2D eigenvalue weighted by molar-refractivity contribution is 5.86. The van der Waals surface area contributed by atoms with Gasteiger partial charge in [-0.3, -0.25) is 4.79 Å². The van der Waals surface area contributed by atoms with Gasteiger partial charge in [0.1, 0.15) is 0 Å². The molecule has 0 heterocycles. The molecule has 0 unspecified atom stereocenters. The first kappa shape index (κ1) is 16.8. The molecule has 0 fully saturated rings. The molecular formula is C12H19O4. The molecule has 0 saturated heterocycles. The lowest BCUT2D eigenvalue weighted by Crippen LogP contribution is -2.04. The van der Waals surface area contributed by atoms with Crippen LogP contribution >= 0.6 is 0 Å². The van der Waals surface area contributed by atoms with E-state index in [0.29, 0.717) is 25.0 Å². The van der Waals surface area contributed by atoms with Crippen LogP contribution in [-0.4, -0.2) is 18.5 Å². The molecule has 0 aromatic heterocycles. The Kier molecular flexibility index (Phi) is 12.1. The fourth-order valence-corrected chi connectivity index (χ4v) is 0.464. The molecule has 0 amide bonds. The van der Waals surface area contributed by atoms with Crippen LogP contribution in [0.2, 0.25) is 0 Å². The molecule has 16 heavy (non-hydrogen) atoms. The van der Waals surface area contributed by atoms with Crippen molar-refractivity contribution in [3.8, 4) is 0 Å². The summed E-state index contributed by atoms with van der Waals surface area (Å²) < 4.78 is 8.97. The van der Waals surface area contributed by atoms with Gasteiger partial charge in [0.2, 0.25) is 0 Å². The largest absolute Gasteiger partial charge is 0.462 e. The first-order valence-corrected chi connectivity index (χ1v) is 4.91. The van der Waals surface area contributed by atoms with Gasteiger partial charge in [0.05, 0.1) is 12.9 Å². The highest BCUT2D eigenvalue weighted by Gasteiger charge is 1.99. The zero-order chi connectivity index (χ0) is 13.0. The summed E-state index contributed by atoms with van der Waals surface area (Å²) in [4.78, 5) is 20.7. The molecule has 0 bridgehead atoms. The lowest BCUT2D eigenvalue weighted by molar-refractivity contribution is -0.139. The van der Waals surface area contributed by atoms with Crippen molar-refractivity contribution in [2.24, 2.45) is 0 Å². The Hall–Kier alpha value is -1.58. The molecule has 0 spiro atoms. The van der Waals surface area contributed by atoms with Gasteiger partial charge >= 0.3 is 11.9 Å². The summed E-state index contributed by atoms with van der Waals surface area (Å²) in [7, 11) is 0. The van der Waals surface area contributed by atoms with Crippen LogP contribution in [0.3, 0.4) is 0 Å². The summed E-state index contributed by atoms with van der Waals surface area (Å²) in [6.07, 6.45) is 2.15. The summed E-state index contributed by atoms with van der Waals surface area (Å²) in [6.45, 7) is 13.9. The Bertz CT molecular complexity index is 243. The van der Waals surface area contributed by atoms with Crippen LogP contribution in [0.5, 0.6) is 0 Å².